The second kappa shape index (κ2) is 7.65. The van der Waals surface area contributed by atoms with Gasteiger partial charge in [-0.1, -0.05) is 30.0 Å². The molecule has 7 heteroatoms. The molecule has 1 aromatic rings. The van der Waals surface area contributed by atoms with E-state index in [-0.39, 0.29) is 0 Å². The zero-order chi connectivity index (χ0) is 15.9. The predicted molar refractivity (Wildman–Crippen MR) is 82.1 cm³/mol. The van der Waals surface area contributed by atoms with Crippen LogP contribution in [0.4, 0.5) is 4.79 Å². The second-order valence-electron chi connectivity index (χ2n) is 4.53. The molecule has 0 radical (unpaired) electrons. The Balaban J connectivity index is 1.81. The quantitative estimate of drug-likeness (QED) is 0.508. The van der Waals surface area contributed by atoms with Gasteiger partial charge in [0, 0.05) is 24.1 Å². The van der Waals surface area contributed by atoms with Crippen LogP contribution in [0.25, 0.3) is 0 Å². The van der Waals surface area contributed by atoms with Crippen LogP contribution in [0.2, 0.25) is 0 Å². The molecule has 6 nitrogen and oxygen atoms in total. The molecule has 2 rings (SSSR count). The number of nitrogens with zero attached hydrogens (tertiary/aromatic N) is 1. The topological polar surface area (TPSA) is 75.7 Å². The lowest BCUT2D eigenvalue weighted by Gasteiger charge is -2.17. The molecular formula is C15H16N2O4S. The van der Waals surface area contributed by atoms with Crippen molar-refractivity contribution in [1.29, 1.82) is 0 Å². The molecule has 0 spiro atoms. The fourth-order valence-corrected chi connectivity index (χ4v) is 2.48. The molecule has 1 fully saturated rings. The Morgan fingerprint density at radius 2 is 2.09 bits per heavy atom. The summed E-state index contributed by atoms with van der Waals surface area (Å²) in [6, 6.07) is 9.08. The van der Waals surface area contributed by atoms with Crippen molar-refractivity contribution in [3.05, 3.63) is 41.8 Å². The number of hydrogen-bond acceptors (Lipinski definition) is 5. The number of nitrogens with one attached hydrogen (secondary N) is 1. The van der Waals surface area contributed by atoms with Crippen LogP contribution in [0.3, 0.4) is 0 Å². The number of imide groups is 1. The molecule has 1 aliphatic rings. The highest BCUT2D eigenvalue weighted by atomic mass is 32.2. The molecule has 1 aliphatic heterocycles. The van der Waals surface area contributed by atoms with Crippen LogP contribution >= 0.6 is 11.8 Å². The van der Waals surface area contributed by atoms with Crippen molar-refractivity contribution in [3.63, 3.8) is 0 Å². The van der Waals surface area contributed by atoms with Gasteiger partial charge in [0.15, 0.2) is 6.10 Å². The summed E-state index contributed by atoms with van der Waals surface area (Å²) in [6.45, 7) is 2.15. The standard InChI is InChI=1S/C15H16N2O4S/c1-11(14(19)17-9-8-16-15(17)20)21-13(18)7-10-22-12-5-3-2-4-6-12/h2-7,10-11H,8-9H2,1H3,(H,16,20)/b10-7+/t11-/m0/s1. The molecular weight excluding hydrogens is 304 g/mol. The first-order chi connectivity index (χ1) is 10.6. The highest BCUT2D eigenvalue weighted by Gasteiger charge is 2.31. The van der Waals surface area contributed by atoms with Crippen LogP contribution in [0, 0.1) is 0 Å². The number of ether oxygens (including phenoxy) is 1. The highest BCUT2D eigenvalue weighted by Crippen LogP contribution is 2.18. The van der Waals surface area contributed by atoms with Gasteiger partial charge < -0.3 is 10.1 Å². The van der Waals surface area contributed by atoms with Gasteiger partial charge in [0.2, 0.25) is 0 Å². The van der Waals surface area contributed by atoms with E-state index in [0.717, 1.165) is 9.80 Å². The Hall–Kier alpha value is -2.28. The molecule has 1 atom stereocenters. The lowest BCUT2D eigenvalue weighted by molar-refractivity contribution is -0.153. The Labute approximate surface area is 132 Å². The van der Waals surface area contributed by atoms with E-state index in [9.17, 15) is 14.4 Å². The van der Waals surface area contributed by atoms with Crippen molar-refractivity contribution in [3.8, 4) is 0 Å². The highest BCUT2D eigenvalue weighted by molar-refractivity contribution is 8.02. The molecule has 1 N–H and O–H groups in total. The van der Waals surface area contributed by atoms with Gasteiger partial charge >= 0.3 is 12.0 Å². The van der Waals surface area contributed by atoms with Crippen molar-refractivity contribution < 1.29 is 19.1 Å². The van der Waals surface area contributed by atoms with Gasteiger partial charge in [-0.05, 0) is 24.5 Å². The summed E-state index contributed by atoms with van der Waals surface area (Å²) in [6.07, 6.45) is 0.258. The number of esters is 1. The van der Waals surface area contributed by atoms with Crippen molar-refractivity contribution in [2.75, 3.05) is 13.1 Å². The summed E-state index contributed by atoms with van der Waals surface area (Å²) in [4.78, 5) is 37.0. The average Bonchev–Trinajstić information content (AvgIpc) is 2.93. The largest absolute Gasteiger partial charge is 0.449 e. The van der Waals surface area contributed by atoms with Gasteiger partial charge in [0.25, 0.3) is 5.91 Å². The second-order valence-corrected chi connectivity index (χ2v) is 5.51. The van der Waals surface area contributed by atoms with Crippen LogP contribution in [0.15, 0.2) is 46.7 Å². The molecule has 1 aromatic carbocycles. The van der Waals surface area contributed by atoms with E-state index in [2.05, 4.69) is 5.32 Å². The van der Waals surface area contributed by atoms with Gasteiger partial charge in [-0.15, -0.1) is 0 Å². The van der Waals surface area contributed by atoms with Crippen molar-refractivity contribution in [2.45, 2.75) is 17.9 Å². The van der Waals surface area contributed by atoms with Gasteiger partial charge in [-0.2, -0.15) is 0 Å². The Morgan fingerprint density at radius 3 is 2.73 bits per heavy atom. The SMILES string of the molecule is C[C@H](OC(=O)/C=C/Sc1ccccc1)C(=O)N1CCNC1=O. The summed E-state index contributed by atoms with van der Waals surface area (Å²) in [5.41, 5.74) is 0. The maximum atomic E-state index is 11.9. The number of thioether (sulfide) groups is 1. The zero-order valence-electron chi connectivity index (χ0n) is 12.0. The van der Waals surface area contributed by atoms with Gasteiger partial charge in [-0.3, -0.25) is 9.69 Å². The van der Waals surface area contributed by atoms with E-state index >= 15 is 0 Å². The number of carbonyl (C=O) groups is 3. The predicted octanol–water partition coefficient (Wildman–Crippen LogP) is 1.78. The lowest BCUT2D eigenvalue weighted by atomic mass is 10.3. The first kappa shape index (κ1) is 16.1. The van der Waals surface area contributed by atoms with Gasteiger partial charge in [-0.25, -0.2) is 9.59 Å². The third kappa shape index (κ3) is 4.36. The maximum Gasteiger partial charge on any atom is 0.332 e. The zero-order valence-corrected chi connectivity index (χ0v) is 12.8. The van der Waals surface area contributed by atoms with E-state index in [4.69, 9.17) is 4.74 Å². The number of hydrogen-bond donors (Lipinski definition) is 1. The summed E-state index contributed by atoms with van der Waals surface area (Å²) in [5, 5.41) is 4.11. The summed E-state index contributed by atoms with van der Waals surface area (Å²) < 4.78 is 5.00. The first-order valence-corrected chi connectivity index (χ1v) is 7.64. The Kier molecular flexibility index (Phi) is 5.60. The normalized spacial score (nSPS) is 15.7. The number of carbonyl (C=O) groups excluding carboxylic acids is 3. The fourth-order valence-electron chi connectivity index (χ4n) is 1.83. The van der Waals surface area contributed by atoms with Crippen LogP contribution in [0.5, 0.6) is 0 Å². The molecule has 0 aliphatic carbocycles. The van der Waals surface area contributed by atoms with E-state index in [1.165, 1.54) is 24.8 Å². The summed E-state index contributed by atoms with van der Waals surface area (Å²) >= 11 is 1.37. The monoisotopic (exact) mass is 320 g/mol. The van der Waals surface area contributed by atoms with Crippen LogP contribution < -0.4 is 5.32 Å². The number of amides is 3. The number of rotatable bonds is 5. The van der Waals surface area contributed by atoms with Crippen molar-refractivity contribution >= 4 is 29.7 Å². The first-order valence-electron chi connectivity index (χ1n) is 6.76. The van der Waals surface area contributed by atoms with Crippen molar-refractivity contribution in [1.82, 2.24) is 10.2 Å². The molecule has 22 heavy (non-hydrogen) atoms. The fraction of sp³-hybridized carbons (Fsp3) is 0.267. The third-order valence-electron chi connectivity index (χ3n) is 2.91. The number of benzene rings is 1. The van der Waals surface area contributed by atoms with Crippen LogP contribution in [-0.4, -0.2) is 42.0 Å². The molecule has 0 unspecified atom stereocenters. The Bertz CT molecular complexity index is 588. The number of urea groups is 1. The van der Waals surface area contributed by atoms with Crippen LogP contribution in [0.1, 0.15) is 6.92 Å². The van der Waals surface area contributed by atoms with E-state index in [1.807, 2.05) is 30.3 Å². The summed E-state index contributed by atoms with van der Waals surface area (Å²) in [7, 11) is 0. The maximum absolute atomic E-state index is 11.9. The Morgan fingerprint density at radius 1 is 1.36 bits per heavy atom. The third-order valence-corrected chi connectivity index (χ3v) is 3.73. The smallest absolute Gasteiger partial charge is 0.332 e. The minimum Gasteiger partial charge on any atom is -0.449 e. The van der Waals surface area contributed by atoms with E-state index in [1.54, 1.807) is 5.41 Å². The molecule has 3 amide bonds. The van der Waals surface area contributed by atoms with Gasteiger partial charge in [0.1, 0.15) is 0 Å². The minimum absolute atomic E-state index is 0.291. The van der Waals surface area contributed by atoms with E-state index in [0.29, 0.717) is 13.1 Å². The van der Waals surface area contributed by atoms with E-state index < -0.39 is 24.0 Å². The molecule has 0 bridgehead atoms. The molecule has 1 heterocycles. The molecule has 0 saturated carbocycles. The van der Waals surface area contributed by atoms with Crippen LogP contribution in [-0.2, 0) is 14.3 Å². The average molecular weight is 320 g/mol. The summed E-state index contributed by atoms with van der Waals surface area (Å²) in [5.74, 6) is -1.14. The minimum atomic E-state index is -0.997. The molecule has 116 valence electrons. The van der Waals surface area contributed by atoms with Crippen molar-refractivity contribution in [2.24, 2.45) is 0 Å². The molecule has 0 aromatic heterocycles. The lowest BCUT2D eigenvalue weighted by Crippen LogP contribution is -2.41. The van der Waals surface area contributed by atoms with Gasteiger partial charge in [0.05, 0.1) is 0 Å². The molecule has 1 saturated heterocycles.